The Morgan fingerprint density at radius 3 is 2.75 bits per heavy atom. The zero-order valence-electron chi connectivity index (χ0n) is 10.3. The molecule has 0 heterocycles. The Morgan fingerprint density at radius 2 is 2.12 bits per heavy atom. The normalized spacial score (nSPS) is 10.2. The first-order valence-electron chi connectivity index (χ1n) is 5.77. The van der Waals surface area contributed by atoms with Gasteiger partial charge in [-0.1, -0.05) is 19.9 Å². The molecule has 0 bridgehead atoms. The van der Waals surface area contributed by atoms with Crippen LogP contribution in [0.5, 0.6) is 5.75 Å². The lowest BCUT2D eigenvalue weighted by molar-refractivity contribution is 0.297. The number of nitrogens with zero attached hydrogens (tertiary/aromatic N) is 1. The van der Waals surface area contributed by atoms with Crippen molar-refractivity contribution in [3.8, 4) is 11.8 Å². The molecular formula is C14H19NO. The lowest BCUT2D eigenvalue weighted by Crippen LogP contribution is -2.01. The summed E-state index contributed by atoms with van der Waals surface area (Å²) in [5.41, 5.74) is 1.74. The third kappa shape index (κ3) is 3.94. The van der Waals surface area contributed by atoms with E-state index in [-0.39, 0.29) is 0 Å². The Hall–Kier alpha value is -1.49. The van der Waals surface area contributed by atoms with Crippen LogP contribution in [0.15, 0.2) is 18.2 Å². The standard InChI is InChI=1S/C14H19NO/c1-11(2)5-4-8-16-14-9-12(3)6-7-13(14)10-15/h6-7,9,11H,4-5,8H2,1-3H3. The lowest BCUT2D eigenvalue weighted by Gasteiger charge is -2.09. The average molecular weight is 217 g/mol. The summed E-state index contributed by atoms with van der Waals surface area (Å²) in [6.07, 6.45) is 2.20. The third-order valence-electron chi connectivity index (χ3n) is 2.44. The first-order valence-corrected chi connectivity index (χ1v) is 5.77. The minimum atomic E-state index is 0.621. The Bertz CT molecular complexity index is 377. The molecule has 1 aromatic carbocycles. The van der Waals surface area contributed by atoms with Crippen molar-refractivity contribution in [2.45, 2.75) is 33.6 Å². The van der Waals surface area contributed by atoms with Gasteiger partial charge in [0.25, 0.3) is 0 Å². The smallest absolute Gasteiger partial charge is 0.137 e. The predicted molar refractivity (Wildman–Crippen MR) is 65.5 cm³/mol. The van der Waals surface area contributed by atoms with E-state index in [1.165, 1.54) is 0 Å². The molecule has 0 aromatic heterocycles. The second-order valence-corrected chi connectivity index (χ2v) is 4.50. The van der Waals surface area contributed by atoms with Crippen LogP contribution in [0.3, 0.4) is 0 Å². The zero-order valence-corrected chi connectivity index (χ0v) is 10.3. The van der Waals surface area contributed by atoms with Gasteiger partial charge in [0.05, 0.1) is 12.2 Å². The minimum absolute atomic E-state index is 0.621. The van der Waals surface area contributed by atoms with Gasteiger partial charge in [-0.3, -0.25) is 0 Å². The van der Waals surface area contributed by atoms with Gasteiger partial charge in [0.15, 0.2) is 0 Å². The molecule has 1 rings (SSSR count). The predicted octanol–water partition coefficient (Wildman–Crippen LogP) is 3.68. The molecule has 0 spiro atoms. The van der Waals surface area contributed by atoms with Crippen LogP contribution in [-0.4, -0.2) is 6.61 Å². The van der Waals surface area contributed by atoms with E-state index in [0.717, 1.165) is 18.4 Å². The number of aryl methyl sites for hydroxylation is 1. The van der Waals surface area contributed by atoms with Crippen molar-refractivity contribution in [3.05, 3.63) is 29.3 Å². The fraction of sp³-hybridized carbons (Fsp3) is 0.500. The maximum atomic E-state index is 8.92. The van der Waals surface area contributed by atoms with Crippen LogP contribution in [0.25, 0.3) is 0 Å². The fourth-order valence-electron chi connectivity index (χ4n) is 1.52. The number of ether oxygens (including phenoxy) is 1. The summed E-state index contributed by atoms with van der Waals surface area (Å²) in [5, 5.41) is 8.92. The highest BCUT2D eigenvalue weighted by Crippen LogP contribution is 2.19. The molecule has 0 saturated heterocycles. The molecule has 0 aliphatic heterocycles. The summed E-state index contributed by atoms with van der Waals surface area (Å²) in [6.45, 7) is 7.10. The second-order valence-electron chi connectivity index (χ2n) is 4.50. The molecule has 16 heavy (non-hydrogen) atoms. The molecule has 0 atom stereocenters. The molecule has 0 radical (unpaired) electrons. The average Bonchev–Trinajstić information content (AvgIpc) is 2.24. The zero-order chi connectivity index (χ0) is 12.0. The number of hydrogen-bond acceptors (Lipinski definition) is 2. The van der Waals surface area contributed by atoms with Crippen LogP contribution in [0.2, 0.25) is 0 Å². The molecule has 0 aliphatic carbocycles. The molecule has 0 saturated carbocycles. The van der Waals surface area contributed by atoms with Gasteiger partial charge >= 0.3 is 0 Å². The van der Waals surface area contributed by atoms with Gasteiger partial charge in [-0.05, 0) is 43.4 Å². The Kier molecular flexibility index (Phi) is 4.85. The van der Waals surface area contributed by atoms with Crippen molar-refractivity contribution in [3.63, 3.8) is 0 Å². The van der Waals surface area contributed by atoms with E-state index in [4.69, 9.17) is 10.00 Å². The van der Waals surface area contributed by atoms with E-state index >= 15 is 0 Å². The van der Waals surface area contributed by atoms with Crippen LogP contribution < -0.4 is 4.74 Å². The SMILES string of the molecule is Cc1ccc(C#N)c(OCCCC(C)C)c1. The number of rotatable bonds is 5. The first-order chi connectivity index (χ1) is 7.63. The highest BCUT2D eigenvalue weighted by atomic mass is 16.5. The highest BCUT2D eigenvalue weighted by molar-refractivity contribution is 5.44. The quantitative estimate of drug-likeness (QED) is 0.705. The van der Waals surface area contributed by atoms with Gasteiger partial charge in [-0.2, -0.15) is 5.26 Å². The van der Waals surface area contributed by atoms with Gasteiger partial charge < -0.3 is 4.74 Å². The Balaban J connectivity index is 2.53. The van der Waals surface area contributed by atoms with Crippen molar-refractivity contribution in [2.75, 3.05) is 6.61 Å². The van der Waals surface area contributed by atoms with Crippen LogP contribution in [-0.2, 0) is 0 Å². The molecule has 0 fully saturated rings. The number of benzene rings is 1. The first kappa shape index (κ1) is 12.6. The van der Waals surface area contributed by atoms with E-state index in [1.54, 1.807) is 0 Å². The van der Waals surface area contributed by atoms with Crippen LogP contribution >= 0.6 is 0 Å². The Morgan fingerprint density at radius 1 is 1.38 bits per heavy atom. The van der Waals surface area contributed by atoms with Crippen LogP contribution in [0, 0.1) is 24.2 Å². The van der Waals surface area contributed by atoms with E-state index < -0.39 is 0 Å². The molecule has 2 nitrogen and oxygen atoms in total. The number of hydrogen-bond donors (Lipinski definition) is 0. The molecule has 86 valence electrons. The summed E-state index contributed by atoms with van der Waals surface area (Å²) in [6, 6.07) is 7.81. The molecule has 0 N–H and O–H groups in total. The topological polar surface area (TPSA) is 33.0 Å². The second kappa shape index (κ2) is 6.17. The van der Waals surface area contributed by atoms with E-state index in [0.29, 0.717) is 23.8 Å². The van der Waals surface area contributed by atoms with Gasteiger partial charge in [-0.15, -0.1) is 0 Å². The van der Waals surface area contributed by atoms with Crippen molar-refractivity contribution in [2.24, 2.45) is 5.92 Å². The minimum Gasteiger partial charge on any atom is -0.492 e. The van der Waals surface area contributed by atoms with Gasteiger partial charge in [0, 0.05) is 0 Å². The molecular weight excluding hydrogens is 198 g/mol. The summed E-state index contributed by atoms with van der Waals surface area (Å²) in [5.74, 6) is 1.42. The molecule has 0 amide bonds. The van der Waals surface area contributed by atoms with Crippen molar-refractivity contribution in [1.82, 2.24) is 0 Å². The molecule has 0 unspecified atom stereocenters. The van der Waals surface area contributed by atoms with Gasteiger partial charge in [-0.25, -0.2) is 0 Å². The van der Waals surface area contributed by atoms with Crippen LogP contribution in [0.1, 0.15) is 37.8 Å². The van der Waals surface area contributed by atoms with Crippen molar-refractivity contribution < 1.29 is 4.74 Å². The maximum Gasteiger partial charge on any atom is 0.137 e. The molecule has 1 aromatic rings. The Labute approximate surface area is 97.9 Å². The van der Waals surface area contributed by atoms with E-state index in [9.17, 15) is 0 Å². The highest BCUT2D eigenvalue weighted by Gasteiger charge is 2.03. The summed E-state index contributed by atoms with van der Waals surface area (Å²) >= 11 is 0. The van der Waals surface area contributed by atoms with E-state index in [2.05, 4.69) is 19.9 Å². The molecule has 0 aliphatic rings. The number of nitriles is 1. The fourth-order valence-corrected chi connectivity index (χ4v) is 1.52. The summed E-state index contributed by atoms with van der Waals surface area (Å²) in [4.78, 5) is 0. The largest absolute Gasteiger partial charge is 0.492 e. The van der Waals surface area contributed by atoms with Gasteiger partial charge in [0.2, 0.25) is 0 Å². The van der Waals surface area contributed by atoms with Gasteiger partial charge in [0.1, 0.15) is 11.8 Å². The van der Waals surface area contributed by atoms with Crippen molar-refractivity contribution >= 4 is 0 Å². The summed E-state index contributed by atoms with van der Waals surface area (Å²) in [7, 11) is 0. The van der Waals surface area contributed by atoms with Crippen molar-refractivity contribution in [1.29, 1.82) is 5.26 Å². The van der Waals surface area contributed by atoms with Crippen LogP contribution in [0.4, 0.5) is 0 Å². The van der Waals surface area contributed by atoms with E-state index in [1.807, 2.05) is 25.1 Å². The monoisotopic (exact) mass is 217 g/mol. The lowest BCUT2D eigenvalue weighted by atomic mass is 10.1. The molecule has 2 heteroatoms. The summed E-state index contributed by atoms with van der Waals surface area (Å²) < 4.78 is 5.64. The maximum absolute atomic E-state index is 8.92. The third-order valence-corrected chi connectivity index (χ3v) is 2.44.